The van der Waals surface area contributed by atoms with Gasteiger partial charge in [-0.2, -0.15) is 0 Å². The van der Waals surface area contributed by atoms with Crippen LogP contribution in [0, 0.1) is 11.7 Å². The molecule has 0 aliphatic rings. The van der Waals surface area contributed by atoms with Crippen LogP contribution in [-0.2, 0) is 0 Å². The Bertz CT molecular complexity index is 506. The maximum absolute atomic E-state index is 13.1. The van der Waals surface area contributed by atoms with Crippen molar-refractivity contribution in [3.8, 4) is 0 Å². The van der Waals surface area contributed by atoms with Crippen molar-refractivity contribution in [3.05, 3.63) is 35.0 Å². The van der Waals surface area contributed by atoms with Gasteiger partial charge in [0, 0.05) is 15.6 Å². The molecule has 0 aliphatic carbocycles. The van der Waals surface area contributed by atoms with E-state index in [1.165, 1.54) is 10.9 Å². The lowest BCUT2D eigenvalue weighted by Crippen LogP contribution is -2.21. The molecular weight excluding hydrogens is 233 g/mol. The molecule has 2 atom stereocenters. The van der Waals surface area contributed by atoms with E-state index < -0.39 is 0 Å². The Morgan fingerprint density at radius 2 is 2.12 bits per heavy atom. The fourth-order valence-corrected chi connectivity index (χ4v) is 3.42. The van der Waals surface area contributed by atoms with Crippen molar-refractivity contribution in [2.75, 3.05) is 7.05 Å². The lowest BCUT2D eigenvalue weighted by atomic mass is 9.98. The molecule has 3 heteroatoms. The minimum absolute atomic E-state index is 0.161. The molecule has 0 fully saturated rings. The highest BCUT2D eigenvalue weighted by atomic mass is 32.1. The van der Waals surface area contributed by atoms with Gasteiger partial charge in [0.15, 0.2) is 0 Å². The smallest absolute Gasteiger partial charge is 0.123 e. The zero-order chi connectivity index (χ0) is 12.4. The second kappa shape index (κ2) is 5.15. The summed E-state index contributed by atoms with van der Waals surface area (Å²) < 4.78 is 14.3. The second-order valence-corrected chi connectivity index (χ2v) is 5.60. The van der Waals surface area contributed by atoms with Crippen LogP contribution in [0.4, 0.5) is 4.39 Å². The third kappa shape index (κ3) is 2.50. The topological polar surface area (TPSA) is 12.0 Å². The average Bonchev–Trinajstić information content (AvgIpc) is 2.72. The second-order valence-electron chi connectivity index (χ2n) is 4.48. The number of benzene rings is 1. The Morgan fingerprint density at radius 1 is 1.35 bits per heavy atom. The van der Waals surface area contributed by atoms with Crippen molar-refractivity contribution in [2.45, 2.75) is 26.3 Å². The highest BCUT2D eigenvalue weighted by Crippen LogP contribution is 2.34. The molecule has 0 bridgehead atoms. The van der Waals surface area contributed by atoms with Gasteiger partial charge in [-0.3, -0.25) is 0 Å². The van der Waals surface area contributed by atoms with Crippen LogP contribution in [0.3, 0.4) is 0 Å². The predicted octanol–water partition coefficient (Wildman–Crippen LogP) is 4.35. The quantitative estimate of drug-likeness (QED) is 0.852. The third-order valence-electron chi connectivity index (χ3n) is 3.33. The summed E-state index contributed by atoms with van der Waals surface area (Å²) in [6.45, 7) is 4.44. The van der Waals surface area contributed by atoms with Crippen LogP contribution in [0.1, 0.15) is 31.2 Å². The Kier molecular flexibility index (Phi) is 3.79. The van der Waals surface area contributed by atoms with Gasteiger partial charge in [0.25, 0.3) is 0 Å². The van der Waals surface area contributed by atoms with Crippen LogP contribution in [-0.4, -0.2) is 7.05 Å². The first-order valence-electron chi connectivity index (χ1n) is 6.02. The predicted molar refractivity (Wildman–Crippen MR) is 73.0 cm³/mol. The summed E-state index contributed by atoms with van der Waals surface area (Å²) in [6.07, 6.45) is 1.13. The highest BCUT2D eigenvalue weighted by Gasteiger charge is 2.18. The molecule has 0 aliphatic heterocycles. The van der Waals surface area contributed by atoms with E-state index in [1.54, 1.807) is 17.4 Å². The Labute approximate surface area is 106 Å². The van der Waals surface area contributed by atoms with Gasteiger partial charge in [-0.25, -0.2) is 4.39 Å². The first kappa shape index (κ1) is 12.5. The normalized spacial score (nSPS) is 15.1. The molecular formula is C14H18FNS. The first-order valence-corrected chi connectivity index (χ1v) is 6.83. The Morgan fingerprint density at radius 3 is 2.76 bits per heavy atom. The van der Waals surface area contributed by atoms with E-state index in [4.69, 9.17) is 0 Å². The lowest BCUT2D eigenvalue weighted by molar-refractivity contribution is 0.406. The van der Waals surface area contributed by atoms with Gasteiger partial charge in [0.2, 0.25) is 0 Å². The summed E-state index contributed by atoms with van der Waals surface area (Å²) in [4.78, 5) is 1.29. The summed E-state index contributed by atoms with van der Waals surface area (Å²) in [5, 5.41) is 4.37. The molecule has 1 aromatic carbocycles. The fraction of sp³-hybridized carbons (Fsp3) is 0.429. The summed E-state index contributed by atoms with van der Waals surface area (Å²) in [5.41, 5.74) is 0. The number of rotatable bonds is 4. The van der Waals surface area contributed by atoms with E-state index in [0.29, 0.717) is 12.0 Å². The molecule has 2 aromatic rings. The number of hydrogen-bond donors (Lipinski definition) is 1. The van der Waals surface area contributed by atoms with Crippen LogP contribution in [0.25, 0.3) is 10.1 Å². The molecule has 0 saturated carbocycles. The molecule has 1 nitrogen and oxygen atoms in total. The van der Waals surface area contributed by atoms with Gasteiger partial charge in [0.1, 0.15) is 5.82 Å². The van der Waals surface area contributed by atoms with Crippen LogP contribution >= 0.6 is 11.3 Å². The number of hydrogen-bond acceptors (Lipinski definition) is 2. The van der Waals surface area contributed by atoms with Crippen LogP contribution in [0.2, 0.25) is 0 Å². The van der Waals surface area contributed by atoms with E-state index in [0.717, 1.165) is 16.5 Å². The van der Waals surface area contributed by atoms with Gasteiger partial charge in [-0.05, 0) is 42.6 Å². The number of fused-ring (bicyclic) bond motifs is 1. The average molecular weight is 251 g/mol. The van der Waals surface area contributed by atoms with E-state index in [2.05, 4.69) is 25.2 Å². The molecule has 17 heavy (non-hydrogen) atoms. The Hall–Kier alpha value is -0.930. The molecule has 1 aromatic heterocycles. The summed E-state index contributed by atoms with van der Waals surface area (Å²) in [5.74, 6) is 0.421. The summed E-state index contributed by atoms with van der Waals surface area (Å²) in [6, 6.07) is 7.47. The van der Waals surface area contributed by atoms with Crippen LogP contribution in [0.5, 0.6) is 0 Å². The standard InChI is InChI=1S/C14H18FNS/c1-4-9(2)14(16-3)13-8-10-7-11(15)5-6-12(10)17-13/h5-9,14,16H,4H2,1-3H3. The Balaban J connectivity index is 2.41. The molecule has 1 heterocycles. The first-order chi connectivity index (χ1) is 8.15. The van der Waals surface area contributed by atoms with Crippen molar-refractivity contribution in [3.63, 3.8) is 0 Å². The minimum atomic E-state index is -0.161. The highest BCUT2D eigenvalue weighted by molar-refractivity contribution is 7.19. The molecule has 1 N–H and O–H groups in total. The molecule has 2 unspecified atom stereocenters. The minimum Gasteiger partial charge on any atom is -0.312 e. The molecule has 2 rings (SSSR count). The summed E-state index contributed by atoms with van der Waals surface area (Å²) >= 11 is 1.75. The third-order valence-corrected chi connectivity index (χ3v) is 4.53. The fourth-order valence-electron chi connectivity index (χ4n) is 2.13. The van der Waals surface area contributed by atoms with Crippen molar-refractivity contribution in [2.24, 2.45) is 5.92 Å². The molecule has 92 valence electrons. The van der Waals surface area contributed by atoms with E-state index in [1.807, 2.05) is 13.1 Å². The molecule has 0 amide bonds. The van der Waals surface area contributed by atoms with E-state index >= 15 is 0 Å². The van der Waals surface area contributed by atoms with Crippen molar-refractivity contribution in [1.82, 2.24) is 5.32 Å². The number of nitrogens with one attached hydrogen (secondary N) is 1. The molecule has 0 spiro atoms. The van der Waals surface area contributed by atoms with Gasteiger partial charge in [-0.1, -0.05) is 20.3 Å². The maximum atomic E-state index is 13.1. The zero-order valence-electron chi connectivity index (χ0n) is 10.5. The van der Waals surface area contributed by atoms with Crippen molar-refractivity contribution in [1.29, 1.82) is 0 Å². The molecule has 0 saturated heterocycles. The van der Waals surface area contributed by atoms with Crippen LogP contribution in [0.15, 0.2) is 24.3 Å². The van der Waals surface area contributed by atoms with Gasteiger partial charge in [-0.15, -0.1) is 11.3 Å². The van der Waals surface area contributed by atoms with Crippen LogP contribution < -0.4 is 5.32 Å². The van der Waals surface area contributed by atoms with E-state index in [-0.39, 0.29) is 5.82 Å². The largest absolute Gasteiger partial charge is 0.312 e. The van der Waals surface area contributed by atoms with Gasteiger partial charge < -0.3 is 5.32 Å². The monoisotopic (exact) mass is 251 g/mol. The van der Waals surface area contributed by atoms with E-state index in [9.17, 15) is 4.39 Å². The van der Waals surface area contributed by atoms with Gasteiger partial charge >= 0.3 is 0 Å². The van der Waals surface area contributed by atoms with Gasteiger partial charge in [0.05, 0.1) is 0 Å². The molecule has 0 radical (unpaired) electrons. The zero-order valence-corrected chi connectivity index (χ0v) is 11.3. The number of thiophene rings is 1. The van der Waals surface area contributed by atoms with Crippen molar-refractivity contribution >= 4 is 21.4 Å². The summed E-state index contributed by atoms with van der Waals surface area (Å²) in [7, 11) is 1.99. The SMILES string of the molecule is CCC(C)C(NC)c1cc2cc(F)ccc2s1. The maximum Gasteiger partial charge on any atom is 0.123 e. The lowest BCUT2D eigenvalue weighted by Gasteiger charge is -2.20. The number of halogens is 1. The van der Waals surface area contributed by atoms with Crippen molar-refractivity contribution < 1.29 is 4.39 Å².